The highest BCUT2D eigenvalue weighted by Gasteiger charge is 2.13. The summed E-state index contributed by atoms with van der Waals surface area (Å²) >= 11 is 0. The standard InChI is InChI=1S/C17H16N4O.ClH/c18-17(22)15-3-1-2-12-10-21(20-16(12)15)14-5-4-11-6-7-19-9-13(11)8-14;/h1-5,8,10,19H,6-7,9H2,(H2,18,22);1H. The molecule has 0 bridgehead atoms. The van der Waals surface area contributed by atoms with Crippen LogP contribution in [0.4, 0.5) is 0 Å². The molecule has 0 unspecified atom stereocenters. The summed E-state index contributed by atoms with van der Waals surface area (Å²) in [5.74, 6) is -0.453. The Labute approximate surface area is 139 Å². The summed E-state index contributed by atoms with van der Waals surface area (Å²) in [7, 11) is 0. The quantitative estimate of drug-likeness (QED) is 0.757. The molecule has 23 heavy (non-hydrogen) atoms. The van der Waals surface area contributed by atoms with Crippen molar-refractivity contribution in [2.45, 2.75) is 13.0 Å². The summed E-state index contributed by atoms with van der Waals surface area (Å²) in [6.45, 7) is 1.91. The molecule has 5 nitrogen and oxygen atoms in total. The number of fused-ring (bicyclic) bond motifs is 2. The molecule has 0 radical (unpaired) electrons. The molecular formula is C17H17ClN4O. The van der Waals surface area contributed by atoms with Crippen molar-refractivity contribution in [3.8, 4) is 5.69 Å². The largest absolute Gasteiger partial charge is 0.366 e. The number of nitrogens with zero attached hydrogens (tertiary/aromatic N) is 2. The van der Waals surface area contributed by atoms with Crippen molar-refractivity contribution in [2.24, 2.45) is 5.73 Å². The van der Waals surface area contributed by atoms with E-state index < -0.39 is 5.91 Å². The van der Waals surface area contributed by atoms with Crippen molar-refractivity contribution < 1.29 is 4.79 Å². The first-order valence-electron chi connectivity index (χ1n) is 7.33. The Morgan fingerprint density at radius 2 is 2.09 bits per heavy atom. The van der Waals surface area contributed by atoms with Crippen LogP contribution in [-0.4, -0.2) is 22.2 Å². The third-order valence-electron chi connectivity index (χ3n) is 4.14. The fourth-order valence-corrected chi connectivity index (χ4v) is 2.99. The van der Waals surface area contributed by atoms with Crippen LogP contribution in [0.3, 0.4) is 0 Å². The second kappa shape index (κ2) is 6.02. The van der Waals surface area contributed by atoms with E-state index in [4.69, 9.17) is 5.73 Å². The Bertz CT molecular complexity index is 887. The van der Waals surface area contributed by atoms with Gasteiger partial charge in [0.15, 0.2) is 0 Å². The molecule has 1 aliphatic heterocycles. The summed E-state index contributed by atoms with van der Waals surface area (Å²) in [6.07, 6.45) is 2.99. The minimum atomic E-state index is -0.453. The molecular weight excluding hydrogens is 312 g/mol. The van der Waals surface area contributed by atoms with E-state index in [-0.39, 0.29) is 12.4 Å². The molecule has 0 spiro atoms. The van der Waals surface area contributed by atoms with Gasteiger partial charge in [-0.15, -0.1) is 12.4 Å². The number of nitrogens with one attached hydrogen (secondary N) is 1. The second-order valence-electron chi connectivity index (χ2n) is 5.56. The van der Waals surface area contributed by atoms with Gasteiger partial charge in [0.1, 0.15) is 5.52 Å². The number of nitrogens with two attached hydrogens (primary N) is 1. The highest BCUT2D eigenvalue weighted by atomic mass is 35.5. The third kappa shape index (κ3) is 2.69. The first-order chi connectivity index (χ1) is 10.7. The van der Waals surface area contributed by atoms with Crippen LogP contribution in [0.2, 0.25) is 0 Å². The van der Waals surface area contributed by atoms with Crippen LogP contribution < -0.4 is 11.1 Å². The van der Waals surface area contributed by atoms with Gasteiger partial charge in [-0.25, -0.2) is 4.68 Å². The number of aromatic nitrogens is 2. The molecule has 2 aromatic carbocycles. The molecule has 3 N–H and O–H groups in total. The lowest BCUT2D eigenvalue weighted by Gasteiger charge is -2.17. The number of hydrogen-bond acceptors (Lipinski definition) is 3. The van der Waals surface area contributed by atoms with Crippen molar-refractivity contribution in [2.75, 3.05) is 6.54 Å². The monoisotopic (exact) mass is 328 g/mol. The Hall–Kier alpha value is -2.37. The summed E-state index contributed by atoms with van der Waals surface area (Å²) in [5, 5.41) is 8.84. The zero-order valence-electron chi connectivity index (χ0n) is 12.5. The van der Waals surface area contributed by atoms with Crippen LogP contribution in [0.1, 0.15) is 21.5 Å². The number of primary amides is 1. The Kier molecular flexibility index (Phi) is 4.07. The SMILES string of the molecule is Cl.NC(=O)c1cccc2cn(-c3ccc4c(c3)CNCC4)nc12. The molecule has 1 amide bonds. The zero-order valence-corrected chi connectivity index (χ0v) is 13.3. The summed E-state index contributed by atoms with van der Waals surface area (Å²) in [5.41, 5.74) is 10.2. The van der Waals surface area contributed by atoms with Gasteiger partial charge in [0.2, 0.25) is 0 Å². The van der Waals surface area contributed by atoms with Gasteiger partial charge >= 0.3 is 0 Å². The minimum absolute atomic E-state index is 0. The van der Waals surface area contributed by atoms with Crippen LogP contribution in [0.25, 0.3) is 16.6 Å². The summed E-state index contributed by atoms with van der Waals surface area (Å²) in [6, 6.07) is 11.8. The van der Waals surface area contributed by atoms with Gasteiger partial charge in [0.05, 0.1) is 11.3 Å². The van der Waals surface area contributed by atoms with Gasteiger partial charge in [0, 0.05) is 18.1 Å². The number of rotatable bonds is 2. The summed E-state index contributed by atoms with van der Waals surface area (Å²) in [4.78, 5) is 11.5. The first-order valence-corrected chi connectivity index (χ1v) is 7.33. The average molecular weight is 329 g/mol. The molecule has 0 aliphatic carbocycles. The predicted octanol–water partition coefficient (Wildman–Crippen LogP) is 2.19. The fraction of sp³-hybridized carbons (Fsp3) is 0.176. The van der Waals surface area contributed by atoms with Crippen LogP contribution in [0.5, 0.6) is 0 Å². The van der Waals surface area contributed by atoms with Gasteiger partial charge in [0.25, 0.3) is 5.91 Å². The molecule has 0 atom stereocenters. The Morgan fingerprint density at radius 1 is 1.22 bits per heavy atom. The molecule has 1 aromatic heterocycles. The molecule has 4 rings (SSSR count). The summed E-state index contributed by atoms with van der Waals surface area (Å²) < 4.78 is 1.81. The second-order valence-corrected chi connectivity index (χ2v) is 5.56. The third-order valence-corrected chi connectivity index (χ3v) is 4.14. The van der Waals surface area contributed by atoms with E-state index in [9.17, 15) is 4.79 Å². The number of carbonyl (C=O) groups excluding carboxylic acids is 1. The van der Waals surface area contributed by atoms with Crippen LogP contribution >= 0.6 is 12.4 Å². The zero-order chi connectivity index (χ0) is 15.1. The highest BCUT2D eigenvalue weighted by Crippen LogP contribution is 2.22. The lowest BCUT2D eigenvalue weighted by atomic mass is 10.0. The molecule has 0 fully saturated rings. The van der Waals surface area contributed by atoms with E-state index in [0.717, 1.165) is 30.6 Å². The normalized spacial score (nSPS) is 13.4. The van der Waals surface area contributed by atoms with E-state index in [1.54, 1.807) is 6.07 Å². The number of halogens is 1. The number of hydrogen-bond donors (Lipinski definition) is 2. The molecule has 118 valence electrons. The maximum Gasteiger partial charge on any atom is 0.250 e. The van der Waals surface area contributed by atoms with E-state index >= 15 is 0 Å². The van der Waals surface area contributed by atoms with Gasteiger partial charge in [-0.2, -0.15) is 5.10 Å². The van der Waals surface area contributed by atoms with E-state index in [1.807, 2.05) is 23.0 Å². The van der Waals surface area contributed by atoms with Gasteiger partial charge in [-0.3, -0.25) is 4.79 Å². The van der Waals surface area contributed by atoms with Crippen molar-refractivity contribution in [1.29, 1.82) is 0 Å². The van der Waals surface area contributed by atoms with Crippen LogP contribution in [0.15, 0.2) is 42.6 Å². The smallest absolute Gasteiger partial charge is 0.250 e. The van der Waals surface area contributed by atoms with Crippen molar-refractivity contribution in [3.05, 3.63) is 59.3 Å². The molecule has 0 saturated carbocycles. The molecule has 2 heterocycles. The maximum atomic E-state index is 11.5. The van der Waals surface area contributed by atoms with Crippen LogP contribution in [-0.2, 0) is 13.0 Å². The van der Waals surface area contributed by atoms with Gasteiger partial charge < -0.3 is 11.1 Å². The van der Waals surface area contributed by atoms with Crippen molar-refractivity contribution in [3.63, 3.8) is 0 Å². The molecule has 6 heteroatoms. The first kappa shape index (κ1) is 15.5. The van der Waals surface area contributed by atoms with Crippen LogP contribution in [0, 0.1) is 0 Å². The highest BCUT2D eigenvalue weighted by molar-refractivity contribution is 6.04. The predicted molar refractivity (Wildman–Crippen MR) is 92.2 cm³/mol. The lowest BCUT2D eigenvalue weighted by molar-refractivity contribution is 0.100. The van der Waals surface area contributed by atoms with E-state index in [0.29, 0.717) is 11.1 Å². The minimum Gasteiger partial charge on any atom is -0.366 e. The maximum absolute atomic E-state index is 11.5. The topological polar surface area (TPSA) is 72.9 Å². The van der Waals surface area contributed by atoms with Gasteiger partial charge in [-0.1, -0.05) is 18.2 Å². The number of amides is 1. The average Bonchev–Trinajstić information content (AvgIpc) is 2.98. The lowest BCUT2D eigenvalue weighted by Crippen LogP contribution is -2.23. The molecule has 1 aliphatic rings. The number of benzene rings is 2. The van der Waals surface area contributed by atoms with Crippen molar-refractivity contribution in [1.82, 2.24) is 15.1 Å². The molecule has 0 saturated heterocycles. The van der Waals surface area contributed by atoms with Crippen molar-refractivity contribution >= 4 is 29.2 Å². The Morgan fingerprint density at radius 3 is 2.91 bits per heavy atom. The van der Waals surface area contributed by atoms with Gasteiger partial charge in [-0.05, 0) is 42.3 Å². The van der Waals surface area contributed by atoms with E-state index in [1.165, 1.54) is 11.1 Å². The number of carbonyl (C=O) groups is 1. The molecule has 3 aromatic rings. The Balaban J connectivity index is 0.00000156. The fourth-order valence-electron chi connectivity index (χ4n) is 2.99. The van der Waals surface area contributed by atoms with E-state index in [2.05, 4.69) is 28.6 Å².